The van der Waals surface area contributed by atoms with Gasteiger partial charge in [0.15, 0.2) is 23.0 Å². The first-order chi connectivity index (χ1) is 19.5. The molecule has 4 rings (SSSR count). The van der Waals surface area contributed by atoms with Crippen molar-refractivity contribution in [3.8, 4) is 23.0 Å². The number of carbonyl (C=O) groups is 1. The molecule has 40 heavy (non-hydrogen) atoms. The first-order valence-corrected chi connectivity index (χ1v) is 13.6. The normalized spacial score (nSPS) is 10.8. The van der Waals surface area contributed by atoms with Gasteiger partial charge in [0.1, 0.15) is 19.0 Å². The van der Waals surface area contributed by atoms with E-state index in [4.69, 9.17) is 18.9 Å². The van der Waals surface area contributed by atoms with Crippen LogP contribution in [0.3, 0.4) is 0 Å². The van der Waals surface area contributed by atoms with Crippen molar-refractivity contribution in [3.05, 3.63) is 117 Å². The molecule has 0 heterocycles. The summed E-state index contributed by atoms with van der Waals surface area (Å²) in [6.07, 6.45) is 1.52. The number of nitrogens with zero attached hydrogens (tertiary/aromatic N) is 1. The van der Waals surface area contributed by atoms with E-state index in [1.165, 1.54) is 18.3 Å². The lowest BCUT2D eigenvalue weighted by atomic mass is 10.2. The minimum absolute atomic E-state index is 0.260. The van der Waals surface area contributed by atoms with Gasteiger partial charge in [-0.2, -0.15) is 5.10 Å². The summed E-state index contributed by atoms with van der Waals surface area (Å²) in [4.78, 5) is 12.8. The lowest BCUT2D eigenvalue weighted by Gasteiger charge is -2.14. The Morgan fingerprint density at radius 2 is 1.60 bits per heavy atom. The highest BCUT2D eigenvalue weighted by molar-refractivity contribution is 14.1. The number of amides is 1. The molecule has 0 saturated heterocycles. The van der Waals surface area contributed by atoms with E-state index in [0.717, 1.165) is 14.7 Å². The number of methoxy groups -OCH3 is 1. The molecule has 0 aliphatic heterocycles. The second-order valence-electron chi connectivity index (χ2n) is 8.52. The lowest BCUT2D eigenvalue weighted by Crippen LogP contribution is -2.17. The number of ether oxygens (including phenoxy) is 4. The third kappa shape index (κ3) is 7.95. The third-order valence-electron chi connectivity index (χ3n) is 5.67. The van der Waals surface area contributed by atoms with Crippen molar-refractivity contribution < 1.29 is 28.1 Å². The van der Waals surface area contributed by atoms with Crippen LogP contribution in [0.25, 0.3) is 0 Å². The maximum atomic E-state index is 13.2. The number of halogens is 2. The summed E-state index contributed by atoms with van der Waals surface area (Å²) in [5, 5.41) is 4.11. The van der Waals surface area contributed by atoms with Gasteiger partial charge in [-0.1, -0.05) is 42.5 Å². The molecule has 0 aliphatic carbocycles. The van der Waals surface area contributed by atoms with E-state index in [2.05, 4.69) is 33.1 Å². The largest absolute Gasteiger partial charge is 0.493 e. The predicted octanol–water partition coefficient (Wildman–Crippen LogP) is 6.76. The van der Waals surface area contributed by atoms with Gasteiger partial charge in [-0.25, -0.2) is 9.82 Å². The van der Waals surface area contributed by atoms with Crippen molar-refractivity contribution in [2.45, 2.75) is 20.1 Å². The standard InChI is InChI=1S/C31H28FIN2O5/c1-3-38-28-17-24(11-14-27(28)39-19-21-7-5-4-6-8-21)31(36)35-34-18-23-15-26(33)30(29(16-23)37-2)40-20-22-9-12-25(32)13-10-22/h4-18H,3,19-20H2,1-2H3,(H,35,36)/b34-18+. The second kappa shape index (κ2) is 14.3. The van der Waals surface area contributed by atoms with E-state index in [-0.39, 0.29) is 12.4 Å². The van der Waals surface area contributed by atoms with Crippen LogP contribution in [0.1, 0.15) is 34.0 Å². The Morgan fingerprint density at radius 3 is 2.33 bits per heavy atom. The monoisotopic (exact) mass is 654 g/mol. The van der Waals surface area contributed by atoms with Gasteiger partial charge in [-0.3, -0.25) is 4.79 Å². The minimum Gasteiger partial charge on any atom is -0.493 e. The average Bonchev–Trinajstić information content (AvgIpc) is 2.97. The predicted molar refractivity (Wildman–Crippen MR) is 160 cm³/mol. The number of hydrazone groups is 1. The summed E-state index contributed by atoms with van der Waals surface area (Å²) in [7, 11) is 1.54. The van der Waals surface area contributed by atoms with Gasteiger partial charge in [0.2, 0.25) is 0 Å². The van der Waals surface area contributed by atoms with E-state index in [1.54, 1.807) is 43.5 Å². The van der Waals surface area contributed by atoms with Crippen molar-refractivity contribution in [2.75, 3.05) is 13.7 Å². The van der Waals surface area contributed by atoms with Gasteiger partial charge < -0.3 is 18.9 Å². The van der Waals surface area contributed by atoms with Gasteiger partial charge in [0, 0.05) is 5.56 Å². The number of nitrogens with one attached hydrogen (secondary N) is 1. The van der Waals surface area contributed by atoms with E-state index in [0.29, 0.717) is 47.3 Å². The Morgan fingerprint density at radius 1 is 0.875 bits per heavy atom. The molecular formula is C31H28FIN2O5. The Bertz CT molecular complexity index is 1460. The summed E-state index contributed by atoms with van der Waals surface area (Å²) in [5.41, 5.74) is 5.49. The molecule has 9 heteroatoms. The average molecular weight is 654 g/mol. The van der Waals surface area contributed by atoms with Crippen LogP contribution in [-0.2, 0) is 13.2 Å². The van der Waals surface area contributed by atoms with Crippen LogP contribution in [0.15, 0.2) is 90.0 Å². The van der Waals surface area contributed by atoms with Gasteiger partial charge in [0.25, 0.3) is 5.91 Å². The Hall–Kier alpha value is -4.12. The molecule has 1 N–H and O–H groups in total. The SMILES string of the molecule is CCOc1cc(C(=O)N/N=C/c2cc(I)c(OCc3ccc(F)cc3)c(OC)c2)ccc1OCc1ccccc1. The molecule has 0 bridgehead atoms. The fraction of sp³-hybridized carbons (Fsp3) is 0.161. The zero-order valence-corrected chi connectivity index (χ0v) is 24.2. The van der Waals surface area contributed by atoms with Crippen molar-refractivity contribution in [3.63, 3.8) is 0 Å². The summed E-state index contributed by atoms with van der Waals surface area (Å²) in [6.45, 7) is 2.94. The highest BCUT2D eigenvalue weighted by Gasteiger charge is 2.13. The second-order valence-corrected chi connectivity index (χ2v) is 9.68. The van der Waals surface area contributed by atoms with E-state index in [1.807, 2.05) is 43.3 Å². The summed E-state index contributed by atoms with van der Waals surface area (Å²) in [5.74, 6) is 1.40. The van der Waals surface area contributed by atoms with Crippen LogP contribution in [0.2, 0.25) is 0 Å². The van der Waals surface area contributed by atoms with E-state index >= 15 is 0 Å². The molecule has 0 spiro atoms. The topological polar surface area (TPSA) is 78.4 Å². The first kappa shape index (κ1) is 28.9. The quantitative estimate of drug-likeness (QED) is 0.104. The first-order valence-electron chi connectivity index (χ1n) is 12.5. The highest BCUT2D eigenvalue weighted by atomic mass is 127. The van der Waals surface area contributed by atoms with E-state index < -0.39 is 5.91 Å². The number of benzene rings is 4. The Labute approximate surface area is 246 Å². The van der Waals surface area contributed by atoms with Gasteiger partial charge in [0.05, 0.1) is 23.5 Å². The van der Waals surface area contributed by atoms with Crippen LogP contribution in [0.4, 0.5) is 4.39 Å². The Balaban J connectivity index is 1.40. The molecule has 1 amide bonds. The van der Waals surface area contributed by atoms with Crippen molar-refractivity contribution >= 4 is 34.7 Å². The fourth-order valence-electron chi connectivity index (χ4n) is 3.69. The van der Waals surface area contributed by atoms with Gasteiger partial charge in [-0.05, 0) is 88.7 Å². The van der Waals surface area contributed by atoms with Crippen LogP contribution in [0.5, 0.6) is 23.0 Å². The highest BCUT2D eigenvalue weighted by Crippen LogP contribution is 2.34. The minimum atomic E-state index is -0.396. The molecule has 0 radical (unpaired) electrons. The number of hydrogen-bond donors (Lipinski definition) is 1. The van der Waals surface area contributed by atoms with Crippen LogP contribution in [-0.4, -0.2) is 25.8 Å². The molecule has 0 aromatic heterocycles. The molecule has 0 atom stereocenters. The zero-order chi connectivity index (χ0) is 28.3. The third-order valence-corrected chi connectivity index (χ3v) is 6.47. The maximum Gasteiger partial charge on any atom is 0.271 e. The molecule has 0 unspecified atom stereocenters. The van der Waals surface area contributed by atoms with Crippen LogP contribution >= 0.6 is 22.6 Å². The lowest BCUT2D eigenvalue weighted by molar-refractivity contribution is 0.0954. The van der Waals surface area contributed by atoms with Gasteiger partial charge in [-0.15, -0.1) is 0 Å². The molecular weight excluding hydrogens is 626 g/mol. The van der Waals surface area contributed by atoms with Crippen molar-refractivity contribution in [2.24, 2.45) is 5.10 Å². The molecule has 4 aromatic rings. The Kier molecular flexibility index (Phi) is 10.3. The molecule has 0 fully saturated rings. The van der Waals surface area contributed by atoms with Crippen molar-refractivity contribution in [1.29, 1.82) is 0 Å². The molecule has 4 aromatic carbocycles. The maximum absolute atomic E-state index is 13.2. The number of rotatable bonds is 12. The van der Waals surface area contributed by atoms with E-state index in [9.17, 15) is 9.18 Å². The molecule has 206 valence electrons. The number of carbonyl (C=O) groups excluding carboxylic acids is 1. The summed E-state index contributed by atoms with van der Waals surface area (Å²) < 4.78 is 37.0. The molecule has 0 saturated carbocycles. The van der Waals surface area contributed by atoms with Crippen molar-refractivity contribution in [1.82, 2.24) is 5.43 Å². The zero-order valence-electron chi connectivity index (χ0n) is 22.0. The summed E-state index contributed by atoms with van der Waals surface area (Å²) in [6, 6.07) is 24.5. The molecule has 0 aliphatic rings. The van der Waals surface area contributed by atoms with Gasteiger partial charge >= 0.3 is 0 Å². The smallest absolute Gasteiger partial charge is 0.271 e. The summed E-state index contributed by atoms with van der Waals surface area (Å²) >= 11 is 2.14. The fourth-order valence-corrected chi connectivity index (χ4v) is 4.47. The van der Waals surface area contributed by atoms with Crippen LogP contribution < -0.4 is 24.4 Å². The molecule has 7 nitrogen and oxygen atoms in total. The van der Waals surface area contributed by atoms with Crippen LogP contribution in [0, 0.1) is 9.39 Å². The number of hydrogen-bond acceptors (Lipinski definition) is 6.